The molecule has 0 saturated heterocycles. The van der Waals surface area contributed by atoms with Crippen LogP contribution < -0.4 is 5.32 Å². The summed E-state index contributed by atoms with van der Waals surface area (Å²) in [7, 11) is 0. The van der Waals surface area contributed by atoms with E-state index in [2.05, 4.69) is 5.32 Å². The fourth-order valence-electron chi connectivity index (χ4n) is 0.903. The van der Waals surface area contributed by atoms with Crippen molar-refractivity contribution in [3.8, 4) is 0 Å². The van der Waals surface area contributed by atoms with Crippen molar-refractivity contribution in [1.29, 1.82) is 0 Å². The summed E-state index contributed by atoms with van der Waals surface area (Å²) >= 11 is 1.56. The van der Waals surface area contributed by atoms with Crippen LogP contribution in [0.25, 0.3) is 0 Å². The summed E-state index contributed by atoms with van der Waals surface area (Å²) in [4.78, 5) is 21.2. The van der Waals surface area contributed by atoms with Gasteiger partial charge < -0.3 is 10.4 Å². The Morgan fingerprint density at radius 3 is 2.79 bits per heavy atom. The number of thiophene rings is 1. The number of hydrogen-bond acceptors (Lipinski definition) is 3. The van der Waals surface area contributed by atoms with E-state index in [-0.39, 0.29) is 18.7 Å². The number of nitrogens with one attached hydrogen (secondary N) is 1. The second-order valence-electron chi connectivity index (χ2n) is 2.80. The van der Waals surface area contributed by atoms with Gasteiger partial charge in [-0.05, 0) is 22.4 Å². The van der Waals surface area contributed by atoms with Crippen LogP contribution in [0.1, 0.15) is 18.4 Å². The van der Waals surface area contributed by atoms with Gasteiger partial charge in [-0.1, -0.05) is 0 Å². The van der Waals surface area contributed by atoms with E-state index in [1.807, 2.05) is 16.8 Å². The van der Waals surface area contributed by atoms with Gasteiger partial charge in [-0.25, -0.2) is 0 Å². The van der Waals surface area contributed by atoms with Crippen LogP contribution in [0.4, 0.5) is 0 Å². The molecule has 1 amide bonds. The third-order valence-electron chi connectivity index (χ3n) is 1.64. The molecule has 0 aliphatic heterocycles. The zero-order valence-corrected chi connectivity index (χ0v) is 8.34. The second-order valence-corrected chi connectivity index (χ2v) is 3.58. The maximum absolute atomic E-state index is 11.1. The Kier molecular flexibility index (Phi) is 4.12. The van der Waals surface area contributed by atoms with Gasteiger partial charge in [-0.2, -0.15) is 11.3 Å². The lowest BCUT2D eigenvalue weighted by atomic mass is 10.3. The lowest BCUT2D eigenvalue weighted by Crippen LogP contribution is -2.22. The average molecular weight is 213 g/mol. The van der Waals surface area contributed by atoms with Crippen molar-refractivity contribution < 1.29 is 14.7 Å². The van der Waals surface area contributed by atoms with E-state index in [0.717, 1.165) is 5.56 Å². The Bertz CT molecular complexity index is 308. The quantitative estimate of drug-likeness (QED) is 0.773. The molecule has 0 unspecified atom stereocenters. The van der Waals surface area contributed by atoms with E-state index in [4.69, 9.17) is 5.11 Å². The highest BCUT2D eigenvalue weighted by Crippen LogP contribution is 2.04. The van der Waals surface area contributed by atoms with E-state index in [0.29, 0.717) is 6.54 Å². The molecule has 1 rings (SSSR count). The molecule has 0 radical (unpaired) electrons. The van der Waals surface area contributed by atoms with Crippen LogP contribution in [-0.2, 0) is 16.1 Å². The minimum absolute atomic E-state index is 0.0411. The van der Waals surface area contributed by atoms with Gasteiger partial charge in [-0.3, -0.25) is 9.59 Å². The zero-order valence-electron chi connectivity index (χ0n) is 7.53. The molecule has 0 aliphatic rings. The second kappa shape index (κ2) is 5.39. The first-order chi connectivity index (χ1) is 6.68. The van der Waals surface area contributed by atoms with E-state index in [1.165, 1.54) is 0 Å². The molecular formula is C9H11NO3S. The summed E-state index contributed by atoms with van der Waals surface area (Å²) in [6.45, 7) is 0.474. The number of carboxylic acids is 1. The molecule has 2 N–H and O–H groups in total. The van der Waals surface area contributed by atoms with Crippen molar-refractivity contribution in [3.05, 3.63) is 22.4 Å². The lowest BCUT2D eigenvalue weighted by molar-refractivity contribution is -0.138. The highest BCUT2D eigenvalue weighted by Gasteiger charge is 2.04. The van der Waals surface area contributed by atoms with E-state index in [9.17, 15) is 9.59 Å². The maximum atomic E-state index is 11.1. The fraction of sp³-hybridized carbons (Fsp3) is 0.333. The first kappa shape index (κ1) is 10.7. The Morgan fingerprint density at radius 1 is 1.43 bits per heavy atom. The first-order valence-corrected chi connectivity index (χ1v) is 5.12. The summed E-state index contributed by atoms with van der Waals surface area (Å²) in [6.07, 6.45) is -0.0745. The van der Waals surface area contributed by atoms with Crippen molar-refractivity contribution >= 4 is 23.2 Å². The number of carbonyl (C=O) groups is 2. The van der Waals surface area contributed by atoms with E-state index < -0.39 is 5.97 Å². The van der Waals surface area contributed by atoms with Crippen LogP contribution in [0.5, 0.6) is 0 Å². The van der Waals surface area contributed by atoms with Crippen molar-refractivity contribution in [2.24, 2.45) is 0 Å². The monoisotopic (exact) mass is 213 g/mol. The number of carboxylic acid groups (broad SMARTS) is 1. The summed E-state index contributed by atoms with van der Waals surface area (Å²) in [6, 6.07) is 1.92. The van der Waals surface area contributed by atoms with Crippen LogP contribution in [0.2, 0.25) is 0 Å². The molecule has 1 aromatic rings. The minimum atomic E-state index is -0.948. The van der Waals surface area contributed by atoms with Gasteiger partial charge in [-0.15, -0.1) is 0 Å². The Morgan fingerprint density at radius 2 is 2.21 bits per heavy atom. The third kappa shape index (κ3) is 4.04. The van der Waals surface area contributed by atoms with Gasteiger partial charge in [0.1, 0.15) is 0 Å². The smallest absolute Gasteiger partial charge is 0.303 e. The van der Waals surface area contributed by atoms with Crippen molar-refractivity contribution in [2.45, 2.75) is 19.4 Å². The number of aliphatic carboxylic acids is 1. The molecule has 1 heterocycles. The number of rotatable bonds is 5. The van der Waals surface area contributed by atoms with E-state index >= 15 is 0 Å². The van der Waals surface area contributed by atoms with Crippen molar-refractivity contribution in [1.82, 2.24) is 5.32 Å². The molecule has 5 heteroatoms. The molecule has 0 spiro atoms. The molecule has 0 bridgehead atoms. The van der Waals surface area contributed by atoms with Crippen LogP contribution in [0.3, 0.4) is 0 Å². The molecule has 0 aliphatic carbocycles. The molecule has 4 nitrogen and oxygen atoms in total. The van der Waals surface area contributed by atoms with Gasteiger partial charge in [0.2, 0.25) is 5.91 Å². The highest BCUT2D eigenvalue weighted by molar-refractivity contribution is 7.07. The predicted octanol–water partition coefficient (Wildman–Crippen LogP) is 1.23. The van der Waals surface area contributed by atoms with Crippen LogP contribution in [-0.4, -0.2) is 17.0 Å². The van der Waals surface area contributed by atoms with Crippen molar-refractivity contribution in [2.75, 3.05) is 0 Å². The van der Waals surface area contributed by atoms with Gasteiger partial charge in [0, 0.05) is 13.0 Å². The molecule has 0 saturated carbocycles. The third-order valence-corrected chi connectivity index (χ3v) is 2.37. The largest absolute Gasteiger partial charge is 0.481 e. The standard InChI is InChI=1S/C9H11NO3S/c11-8(1-2-9(12)13)10-5-7-3-4-14-6-7/h3-4,6H,1-2,5H2,(H,10,11)(H,12,13). The summed E-state index contributed by atoms with van der Waals surface area (Å²) < 4.78 is 0. The lowest BCUT2D eigenvalue weighted by Gasteiger charge is -2.01. The molecule has 1 aromatic heterocycles. The predicted molar refractivity (Wildman–Crippen MR) is 53.0 cm³/mol. The van der Waals surface area contributed by atoms with Gasteiger partial charge in [0.25, 0.3) is 0 Å². The maximum Gasteiger partial charge on any atom is 0.303 e. The molecule has 0 fully saturated rings. The van der Waals surface area contributed by atoms with Crippen LogP contribution in [0.15, 0.2) is 16.8 Å². The molecular weight excluding hydrogens is 202 g/mol. The highest BCUT2D eigenvalue weighted by atomic mass is 32.1. The van der Waals surface area contributed by atoms with Crippen LogP contribution in [0, 0.1) is 0 Å². The summed E-state index contributed by atoms with van der Waals surface area (Å²) in [5.41, 5.74) is 1.04. The Balaban J connectivity index is 2.18. The zero-order chi connectivity index (χ0) is 10.4. The Labute approximate surface area is 85.6 Å². The van der Waals surface area contributed by atoms with Crippen LogP contribution >= 0.6 is 11.3 Å². The number of hydrogen-bond donors (Lipinski definition) is 2. The van der Waals surface area contributed by atoms with Gasteiger partial charge in [0.15, 0.2) is 0 Å². The molecule has 0 aromatic carbocycles. The number of amides is 1. The SMILES string of the molecule is O=C(O)CCC(=O)NCc1ccsc1. The molecule has 14 heavy (non-hydrogen) atoms. The summed E-state index contributed by atoms with van der Waals surface area (Å²) in [5, 5.41) is 14.9. The topological polar surface area (TPSA) is 66.4 Å². The normalized spacial score (nSPS) is 9.71. The van der Waals surface area contributed by atoms with E-state index in [1.54, 1.807) is 11.3 Å². The van der Waals surface area contributed by atoms with Gasteiger partial charge in [0.05, 0.1) is 6.42 Å². The van der Waals surface area contributed by atoms with Gasteiger partial charge >= 0.3 is 5.97 Å². The minimum Gasteiger partial charge on any atom is -0.481 e. The fourth-order valence-corrected chi connectivity index (χ4v) is 1.57. The first-order valence-electron chi connectivity index (χ1n) is 4.18. The molecule has 76 valence electrons. The van der Waals surface area contributed by atoms with Crippen molar-refractivity contribution in [3.63, 3.8) is 0 Å². The average Bonchev–Trinajstić information content (AvgIpc) is 2.63. The summed E-state index contributed by atoms with van der Waals surface area (Å²) in [5.74, 6) is -1.17. The number of carbonyl (C=O) groups excluding carboxylic acids is 1. The molecule has 0 atom stereocenters. The Hall–Kier alpha value is -1.36.